The normalized spacial score (nSPS) is 12.5. The Bertz CT molecular complexity index is 328. The van der Waals surface area contributed by atoms with Crippen molar-refractivity contribution in [3.05, 3.63) is 28.2 Å². The zero-order valence-corrected chi connectivity index (χ0v) is 11.8. The van der Waals surface area contributed by atoms with Gasteiger partial charge in [-0.15, -0.1) is 0 Å². The minimum Gasteiger partial charge on any atom is -0.493 e. The van der Waals surface area contributed by atoms with E-state index in [1.165, 1.54) is 5.56 Å². The van der Waals surface area contributed by atoms with Gasteiger partial charge in [-0.2, -0.15) is 0 Å². The first kappa shape index (κ1) is 13.5. The summed E-state index contributed by atoms with van der Waals surface area (Å²) in [5, 5.41) is 3.32. The molecule has 0 spiro atoms. The second-order valence-corrected chi connectivity index (χ2v) is 4.99. The van der Waals surface area contributed by atoms with Crippen LogP contribution in [0.5, 0.6) is 5.75 Å². The van der Waals surface area contributed by atoms with Crippen molar-refractivity contribution < 1.29 is 4.74 Å². The molecule has 0 saturated heterocycles. The Morgan fingerprint density at radius 2 is 2.19 bits per heavy atom. The molecule has 0 aliphatic carbocycles. The van der Waals surface area contributed by atoms with Gasteiger partial charge in [0, 0.05) is 16.9 Å². The van der Waals surface area contributed by atoms with Gasteiger partial charge in [0.25, 0.3) is 0 Å². The summed E-state index contributed by atoms with van der Waals surface area (Å²) in [5.74, 6) is 1.48. The molecule has 1 aromatic carbocycles. The summed E-state index contributed by atoms with van der Waals surface area (Å²) in [4.78, 5) is 0. The van der Waals surface area contributed by atoms with Crippen LogP contribution in [0.25, 0.3) is 0 Å². The molecule has 3 heteroatoms. The summed E-state index contributed by atoms with van der Waals surface area (Å²) >= 11 is 3.48. The highest BCUT2D eigenvalue weighted by Gasteiger charge is 2.03. The lowest BCUT2D eigenvalue weighted by molar-refractivity contribution is 0.256. The van der Waals surface area contributed by atoms with Crippen molar-refractivity contribution in [3.8, 4) is 5.75 Å². The fourth-order valence-corrected chi connectivity index (χ4v) is 1.64. The maximum absolute atomic E-state index is 5.74. The summed E-state index contributed by atoms with van der Waals surface area (Å²) in [6, 6.07) is 6.08. The molecule has 1 unspecified atom stereocenters. The standard InChI is InChI=1S/C13H20BrNO/c1-4-15-8-10(2)9-16-12-5-6-13(14)11(3)7-12/h5-7,10,15H,4,8-9H2,1-3H3. The predicted molar refractivity (Wildman–Crippen MR) is 72.1 cm³/mol. The molecule has 2 nitrogen and oxygen atoms in total. The molecule has 1 aromatic rings. The van der Waals surface area contributed by atoms with Crippen LogP contribution in [-0.2, 0) is 0 Å². The molecule has 0 aliphatic heterocycles. The van der Waals surface area contributed by atoms with Crippen molar-refractivity contribution in [3.63, 3.8) is 0 Å². The highest BCUT2D eigenvalue weighted by atomic mass is 79.9. The maximum Gasteiger partial charge on any atom is 0.119 e. The molecule has 0 amide bonds. The van der Waals surface area contributed by atoms with Gasteiger partial charge in [-0.25, -0.2) is 0 Å². The van der Waals surface area contributed by atoms with Crippen LogP contribution in [-0.4, -0.2) is 19.7 Å². The van der Waals surface area contributed by atoms with Crippen LogP contribution in [0.1, 0.15) is 19.4 Å². The Morgan fingerprint density at radius 1 is 1.44 bits per heavy atom. The average Bonchev–Trinajstić information content (AvgIpc) is 2.28. The zero-order chi connectivity index (χ0) is 12.0. The number of ether oxygens (including phenoxy) is 1. The monoisotopic (exact) mass is 285 g/mol. The third-order valence-electron chi connectivity index (χ3n) is 2.41. The number of hydrogen-bond acceptors (Lipinski definition) is 2. The van der Waals surface area contributed by atoms with Crippen molar-refractivity contribution in [2.24, 2.45) is 5.92 Å². The molecule has 0 bridgehead atoms. The largest absolute Gasteiger partial charge is 0.493 e. The number of benzene rings is 1. The smallest absolute Gasteiger partial charge is 0.119 e. The lowest BCUT2D eigenvalue weighted by Gasteiger charge is -2.13. The maximum atomic E-state index is 5.74. The predicted octanol–water partition coefficient (Wildman–Crippen LogP) is 3.38. The van der Waals surface area contributed by atoms with Crippen LogP contribution < -0.4 is 10.1 Å². The van der Waals surface area contributed by atoms with Crippen molar-refractivity contribution in [1.29, 1.82) is 0 Å². The van der Waals surface area contributed by atoms with Gasteiger partial charge in [-0.1, -0.05) is 29.8 Å². The molecule has 1 atom stereocenters. The molecule has 1 N–H and O–H groups in total. The number of rotatable bonds is 6. The minimum absolute atomic E-state index is 0.531. The Morgan fingerprint density at radius 3 is 2.81 bits per heavy atom. The van der Waals surface area contributed by atoms with Gasteiger partial charge < -0.3 is 10.1 Å². The van der Waals surface area contributed by atoms with Crippen molar-refractivity contribution in [1.82, 2.24) is 5.32 Å². The summed E-state index contributed by atoms with van der Waals surface area (Å²) in [6.45, 7) is 9.15. The van der Waals surface area contributed by atoms with E-state index in [0.717, 1.165) is 29.9 Å². The highest BCUT2D eigenvalue weighted by Crippen LogP contribution is 2.21. The van der Waals surface area contributed by atoms with Crippen molar-refractivity contribution >= 4 is 15.9 Å². The first-order valence-electron chi connectivity index (χ1n) is 5.73. The fourth-order valence-electron chi connectivity index (χ4n) is 1.40. The number of halogens is 1. The first-order chi connectivity index (χ1) is 7.63. The third-order valence-corrected chi connectivity index (χ3v) is 3.30. The van der Waals surface area contributed by atoms with Gasteiger partial charge in [0.15, 0.2) is 0 Å². The van der Waals surface area contributed by atoms with Gasteiger partial charge >= 0.3 is 0 Å². The van der Waals surface area contributed by atoms with E-state index in [4.69, 9.17) is 4.74 Å². The van der Waals surface area contributed by atoms with E-state index in [0.29, 0.717) is 5.92 Å². The third kappa shape index (κ3) is 4.54. The van der Waals surface area contributed by atoms with Crippen LogP contribution in [0.15, 0.2) is 22.7 Å². The van der Waals surface area contributed by atoms with Crippen LogP contribution in [0.4, 0.5) is 0 Å². The molecule has 0 saturated carbocycles. The second kappa shape index (κ2) is 6.92. The average molecular weight is 286 g/mol. The number of aryl methyl sites for hydroxylation is 1. The SMILES string of the molecule is CCNCC(C)COc1ccc(Br)c(C)c1. The second-order valence-electron chi connectivity index (χ2n) is 4.13. The lowest BCUT2D eigenvalue weighted by Crippen LogP contribution is -2.24. The van der Waals surface area contributed by atoms with E-state index in [9.17, 15) is 0 Å². The molecule has 0 aromatic heterocycles. The van der Waals surface area contributed by atoms with Gasteiger partial charge in [0.2, 0.25) is 0 Å². The quantitative estimate of drug-likeness (QED) is 0.865. The van der Waals surface area contributed by atoms with Crippen molar-refractivity contribution in [2.45, 2.75) is 20.8 Å². The molecule has 16 heavy (non-hydrogen) atoms. The molecule has 0 fully saturated rings. The van der Waals surface area contributed by atoms with E-state index in [1.54, 1.807) is 0 Å². The Hall–Kier alpha value is -0.540. The van der Waals surface area contributed by atoms with Crippen molar-refractivity contribution in [2.75, 3.05) is 19.7 Å². The molecule has 0 aliphatic rings. The van der Waals surface area contributed by atoms with E-state index < -0.39 is 0 Å². The molecule has 0 radical (unpaired) electrons. The van der Waals surface area contributed by atoms with Gasteiger partial charge in [-0.3, -0.25) is 0 Å². The van der Waals surface area contributed by atoms with E-state index in [-0.39, 0.29) is 0 Å². The van der Waals surface area contributed by atoms with Gasteiger partial charge in [0.05, 0.1) is 6.61 Å². The van der Waals surface area contributed by atoms with Gasteiger partial charge in [0.1, 0.15) is 5.75 Å². The van der Waals surface area contributed by atoms with Crippen LogP contribution >= 0.6 is 15.9 Å². The number of hydrogen-bond donors (Lipinski definition) is 1. The van der Waals surface area contributed by atoms with E-state index in [2.05, 4.69) is 48.1 Å². The fraction of sp³-hybridized carbons (Fsp3) is 0.538. The summed E-state index contributed by atoms with van der Waals surface area (Å²) in [6.07, 6.45) is 0. The van der Waals surface area contributed by atoms with Gasteiger partial charge in [-0.05, 0) is 37.2 Å². The summed E-state index contributed by atoms with van der Waals surface area (Å²) in [5.41, 5.74) is 1.21. The Kier molecular flexibility index (Phi) is 5.85. The molecular weight excluding hydrogens is 266 g/mol. The van der Waals surface area contributed by atoms with E-state index >= 15 is 0 Å². The topological polar surface area (TPSA) is 21.3 Å². The summed E-state index contributed by atoms with van der Waals surface area (Å²) < 4.78 is 6.87. The van der Waals surface area contributed by atoms with Crippen LogP contribution in [0, 0.1) is 12.8 Å². The molecule has 90 valence electrons. The minimum atomic E-state index is 0.531. The molecule has 0 heterocycles. The molecular formula is C13H20BrNO. The lowest BCUT2D eigenvalue weighted by atomic mass is 10.2. The Balaban J connectivity index is 2.39. The zero-order valence-electron chi connectivity index (χ0n) is 10.2. The number of nitrogens with one attached hydrogen (secondary N) is 1. The Labute approximate surface area is 107 Å². The van der Waals surface area contributed by atoms with Crippen LogP contribution in [0.2, 0.25) is 0 Å². The summed E-state index contributed by atoms with van der Waals surface area (Å²) in [7, 11) is 0. The molecule has 1 rings (SSSR count). The first-order valence-corrected chi connectivity index (χ1v) is 6.52. The highest BCUT2D eigenvalue weighted by molar-refractivity contribution is 9.10. The van der Waals surface area contributed by atoms with Crippen LogP contribution in [0.3, 0.4) is 0 Å². The van der Waals surface area contributed by atoms with E-state index in [1.807, 2.05) is 12.1 Å².